The van der Waals surface area contributed by atoms with E-state index in [0.29, 0.717) is 12.3 Å². The molecule has 8 nitrogen and oxygen atoms in total. The van der Waals surface area contributed by atoms with Crippen molar-refractivity contribution in [1.29, 1.82) is 0 Å². The number of nitro benzene ring substituents is 1. The molecule has 0 unspecified atom stereocenters. The first-order valence-corrected chi connectivity index (χ1v) is 7.80. The molecule has 0 saturated carbocycles. The Bertz CT molecular complexity index is 744. The minimum absolute atomic E-state index is 0.146. The Morgan fingerprint density at radius 1 is 1.52 bits per heavy atom. The van der Waals surface area contributed by atoms with Gasteiger partial charge in [0.2, 0.25) is 5.91 Å². The molecular formula is C14H15IN4O4. The van der Waals surface area contributed by atoms with Crippen molar-refractivity contribution < 1.29 is 14.5 Å². The van der Waals surface area contributed by atoms with Crippen LogP contribution in [0.1, 0.15) is 12.1 Å². The van der Waals surface area contributed by atoms with Crippen molar-refractivity contribution in [1.82, 2.24) is 9.78 Å². The van der Waals surface area contributed by atoms with E-state index in [-0.39, 0.29) is 23.7 Å². The maximum Gasteiger partial charge on any atom is 0.296 e. The molecule has 0 atom stereocenters. The van der Waals surface area contributed by atoms with E-state index < -0.39 is 4.92 Å². The van der Waals surface area contributed by atoms with Gasteiger partial charge in [0.15, 0.2) is 0 Å². The summed E-state index contributed by atoms with van der Waals surface area (Å²) in [5.74, 6) is 0.0413. The number of anilines is 1. The second-order valence-corrected chi connectivity index (χ2v) is 5.90. The summed E-state index contributed by atoms with van der Waals surface area (Å²) in [4.78, 5) is 22.5. The third-order valence-electron chi connectivity index (χ3n) is 3.27. The SMILES string of the molecule is COc1ccc(NC(=O)CCn2ncc(I)c2C)c([N+](=O)[O-])c1. The second-order valence-electron chi connectivity index (χ2n) is 4.74. The Morgan fingerprint density at radius 2 is 2.26 bits per heavy atom. The Balaban J connectivity index is 2.05. The molecule has 2 rings (SSSR count). The van der Waals surface area contributed by atoms with E-state index >= 15 is 0 Å². The summed E-state index contributed by atoms with van der Waals surface area (Å²) in [5, 5.41) is 17.8. The van der Waals surface area contributed by atoms with Gasteiger partial charge in [0.25, 0.3) is 5.69 Å². The Kier molecular flexibility index (Phi) is 5.53. The van der Waals surface area contributed by atoms with Gasteiger partial charge in [-0.1, -0.05) is 0 Å². The van der Waals surface area contributed by atoms with E-state index in [0.717, 1.165) is 9.26 Å². The highest BCUT2D eigenvalue weighted by Gasteiger charge is 2.17. The van der Waals surface area contributed by atoms with Crippen LogP contribution in [0.3, 0.4) is 0 Å². The number of nitrogens with zero attached hydrogens (tertiary/aromatic N) is 3. The first kappa shape index (κ1) is 17.2. The second kappa shape index (κ2) is 7.40. The fourth-order valence-electron chi connectivity index (χ4n) is 1.96. The third-order valence-corrected chi connectivity index (χ3v) is 4.33. The van der Waals surface area contributed by atoms with Crippen molar-refractivity contribution in [3.05, 3.63) is 43.8 Å². The smallest absolute Gasteiger partial charge is 0.296 e. The Morgan fingerprint density at radius 3 is 2.83 bits per heavy atom. The molecule has 0 spiro atoms. The summed E-state index contributed by atoms with van der Waals surface area (Å²) >= 11 is 2.17. The number of benzene rings is 1. The van der Waals surface area contributed by atoms with Gasteiger partial charge in [-0.25, -0.2) is 0 Å². The predicted molar refractivity (Wildman–Crippen MR) is 92.6 cm³/mol. The number of methoxy groups -OCH3 is 1. The maximum absolute atomic E-state index is 12.0. The monoisotopic (exact) mass is 430 g/mol. The largest absolute Gasteiger partial charge is 0.496 e. The van der Waals surface area contributed by atoms with Crippen LogP contribution >= 0.6 is 22.6 Å². The van der Waals surface area contributed by atoms with Gasteiger partial charge in [-0.3, -0.25) is 19.6 Å². The molecule has 122 valence electrons. The van der Waals surface area contributed by atoms with Crippen LogP contribution in [0.15, 0.2) is 24.4 Å². The fourth-order valence-corrected chi connectivity index (χ4v) is 2.37. The molecule has 0 aliphatic carbocycles. The van der Waals surface area contributed by atoms with Gasteiger partial charge in [0.1, 0.15) is 11.4 Å². The highest BCUT2D eigenvalue weighted by Crippen LogP contribution is 2.29. The molecule has 0 bridgehead atoms. The van der Waals surface area contributed by atoms with Crippen molar-refractivity contribution in [3.63, 3.8) is 0 Å². The van der Waals surface area contributed by atoms with Crippen LogP contribution in [0.4, 0.5) is 11.4 Å². The standard InChI is InChI=1S/C14H15IN4O4/c1-9-11(15)8-16-18(9)6-5-14(20)17-12-4-3-10(23-2)7-13(12)19(21)22/h3-4,7-8H,5-6H2,1-2H3,(H,17,20). The normalized spacial score (nSPS) is 10.4. The lowest BCUT2D eigenvalue weighted by Crippen LogP contribution is -2.16. The first-order valence-electron chi connectivity index (χ1n) is 6.72. The van der Waals surface area contributed by atoms with Gasteiger partial charge < -0.3 is 10.1 Å². The number of carbonyl (C=O) groups is 1. The summed E-state index contributed by atoms with van der Waals surface area (Å²) in [6, 6.07) is 4.29. The van der Waals surface area contributed by atoms with Crippen molar-refractivity contribution in [2.24, 2.45) is 0 Å². The topological polar surface area (TPSA) is 99.3 Å². The highest BCUT2D eigenvalue weighted by atomic mass is 127. The number of amides is 1. The molecule has 9 heteroatoms. The van der Waals surface area contributed by atoms with Crippen molar-refractivity contribution in [2.75, 3.05) is 12.4 Å². The molecule has 0 fully saturated rings. The molecule has 23 heavy (non-hydrogen) atoms. The lowest BCUT2D eigenvalue weighted by atomic mass is 10.2. The quantitative estimate of drug-likeness (QED) is 0.432. The lowest BCUT2D eigenvalue weighted by Gasteiger charge is -2.08. The van der Waals surface area contributed by atoms with E-state index in [1.54, 1.807) is 16.9 Å². The van der Waals surface area contributed by atoms with E-state index in [2.05, 4.69) is 33.0 Å². The number of nitro groups is 1. The zero-order valence-corrected chi connectivity index (χ0v) is 14.7. The zero-order chi connectivity index (χ0) is 17.0. The van der Waals surface area contributed by atoms with Gasteiger partial charge in [0.05, 0.1) is 34.4 Å². The molecule has 0 radical (unpaired) electrons. The lowest BCUT2D eigenvalue weighted by molar-refractivity contribution is -0.384. The van der Waals surface area contributed by atoms with E-state index in [1.807, 2.05) is 6.92 Å². The predicted octanol–water partition coefficient (Wildman–Crippen LogP) is 2.74. The molecular weight excluding hydrogens is 415 g/mol. The van der Waals surface area contributed by atoms with Crippen molar-refractivity contribution in [2.45, 2.75) is 19.9 Å². The van der Waals surface area contributed by atoms with Crippen LogP contribution in [0, 0.1) is 20.6 Å². The average Bonchev–Trinajstić information content (AvgIpc) is 2.84. The van der Waals surface area contributed by atoms with Gasteiger partial charge in [-0.05, 0) is 41.6 Å². The summed E-state index contributed by atoms with van der Waals surface area (Å²) in [6.45, 7) is 2.33. The van der Waals surface area contributed by atoms with E-state index in [4.69, 9.17) is 4.74 Å². The van der Waals surface area contributed by atoms with Crippen molar-refractivity contribution in [3.8, 4) is 5.75 Å². The van der Waals surface area contributed by atoms with E-state index in [9.17, 15) is 14.9 Å². The number of hydrogen-bond acceptors (Lipinski definition) is 5. The number of hydrogen-bond donors (Lipinski definition) is 1. The van der Waals surface area contributed by atoms with Crippen LogP contribution in [0.2, 0.25) is 0 Å². The number of aryl methyl sites for hydroxylation is 1. The fraction of sp³-hybridized carbons (Fsp3) is 0.286. The third kappa shape index (κ3) is 4.18. The van der Waals surface area contributed by atoms with Crippen LogP contribution in [0.25, 0.3) is 0 Å². The van der Waals surface area contributed by atoms with Gasteiger partial charge >= 0.3 is 0 Å². The Hall–Kier alpha value is -2.17. The minimum Gasteiger partial charge on any atom is -0.496 e. The average molecular weight is 430 g/mol. The van der Waals surface area contributed by atoms with Gasteiger partial charge in [0, 0.05) is 12.1 Å². The molecule has 2 aromatic rings. The number of carbonyl (C=O) groups excluding carboxylic acids is 1. The van der Waals surface area contributed by atoms with Crippen LogP contribution in [0.5, 0.6) is 5.75 Å². The molecule has 1 aromatic carbocycles. The molecule has 0 saturated heterocycles. The first-order chi connectivity index (χ1) is 10.9. The molecule has 0 aliphatic heterocycles. The Labute approximate surface area is 146 Å². The highest BCUT2D eigenvalue weighted by molar-refractivity contribution is 14.1. The molecule has 1 aromatic heterocycles. The number of rotatable bonds is 6. The minimum atomic E-state index is -0.557. The summed E-state index contributed by atoms with van der Waals surface area (Å²) in [5.41, 5.74) is 0.920. The van der Waals surface area contributed by atoms with Crippen LogP contribution in [-0.4, -0.2) is 27.7 Å². The summed E-state index contributed by atoms with van der Waals surface area (Å²) in [6.07, 6.45) is 1.89. The number of ether oxygens (including phenoxy) is 1. The van der Waals surface area contributed by atoms with Gasteiger partial charge in [-0.15, -0.1) is 0 Å². The van der Waals surface area contributed by atoms with Gasteiger partial charge in [-0.2, -0.15) is 5.10 Å². The summed E-state index contributed by atoms with van der Waals surface area (Å²) in [7, 11) is 1.42. The van der Waals surface area contributed by atoms with Crippen LogP contribution in [-0.2, 0) is 11.3 Å². The molecule has 0 aliphatic rings. The summed E-state index contributed by atoms with van der Waals surface area (Å²) < 4.78 is 7.70. The number of nitrogens with one attached hydrogen (secondary N) is 1. The van der Waals surface area contributed by atoms with Crippen molar-refractivity contribution >= 4 is 39.9 Å². The molecule has 1 N–H and O–H groups in total. The number of aromatic nitrogens is 2. The molecule has 1 amide bonds. The zero-order valence-electron chi connectivity index (χ0n) is 12.6. The number of halogens is 1. The maximum atomic E-state index is 12.0. The van der Waals surface area contributed by atoms with E-state index in [1.165, 1.54) is 19.2 Å². The molecule has 1 heterocycles. The van der Waals surface area contributed by atoms with Crippen LogP contribution < -0.4 is 10.1 Å².